The molecule has 0 saturated carbocycles. The highest BCUT2D eigenvalue weighted by atomic mass is 32.1. The Hall–Kier alpha value is -3.51. The Morgan fingerprint density at radius 3 is 2.24 bits per heavy atom. The smallest absolute Gasteiger partial charge is 0.256 e. The van der Waals surface area contributed by atoms with Crippen molar-refractivity contribution in [1.29, 1.82) is 0 Å². The van der Waals surface area contributed by atoms with Crippen molar-refractivity contribution >= 4 is 28.2 Å². The largest absolute Gasteiger partial charge is 0.343 e. The van der Waals surface area contributed by atoms with Gasteiger partial charge in [-0.3, -0.25) is 4.79 Å². The molecule has 0 saturated heterocycles. The third-order valence-corrected chi connectivity index (χ3v) is 6.61. The second-order valence-electron chi connectivity index (χ2n) is 8.13. The van der Waals surface area contributed by atoms with Crippen LogP contribution in [-0.4, -0.2) is 15.9 Å². The highest BCUT2D eigenvalue weighted by Crippen LogP contribution is 2.38. The van der Waals surface area contributed by atoms with Crippen LogP contribution in [0.15, 0.2) is 66.7 Å². The Kier molecular flexibility index (Phi) is 6.84. The van der Waals surface area contributed by atoms with Crippen molar-refractivity contribution in [3.05, 3.63) is 105 Å². The molecule has 4 rings (SSSR count). The number of aryl methyl sites for hydroxylation is 4. The summed E-state index contributed by atoms with van der Waals surface area (Å²) in [7, 11) is 0. The molecule has 2 heterocycles. The van der Waals surface area contributed by atoms with Gasteiger partial charge < -0.3 is 10.6 Å². The van der Waals surface area contributed by atoms with Gasteiger partial charge in [-0.1, -0.05) is 55.0 Å². The van der Waals surface area contributed by atoms with E-state index in [4.69, 9.17) is 0 Å². The maximum absolute atomic E-state index is 13.0. The molecule has 33 heavy (non-hydrogen) atoms. The van der Waals surface area contributed by atoms with Crippen LogP contribution in [0.1, 0.15) is 56.3 Å². The normalized spacial score (nSPS) is 11.8. The number of rotatable bonds is 7. The summed E-state index contributed by atoms with van der Waals surface area (Å²) < 4.78 is 0. The Labute approximate surface area is 198 Å². The first-order valence-corrected chi connectivity index (χ1v) is 11.9. The van der Waals surface area contributed by atoms with Gasteiger partial charge in [0, 0.05) is 27.4 Å². The second kappa shape index (κ2) is 9.96. The van der Waals surface area contributed by atoms with Crippen molar-refractivity contribution in [2.24, 2.45) is 0 Å². The number of nitrogens with one attached hydrogen (secondary N) is 2. The summed E-state index contributed by atoms with van der Waals surface area (Å²) in [5, 5.41) is 7.52. The van der Waals surface area contributed by atoms with Crippen LogP contribution in [0.3, 0.4) is 0 Å². The van der Waals surface area contributed by atoms with E-state index in [9.17, 15) is 4.79 Å². The van der Waals surface area contributed by atoms with Gasteiger partial charge in [0.2, 0.25) is 5.95 Å². The lowest BCUT2D eigenvalue weighted by molar-refractivity contribution is 0.102. The van der Waals surface area contributed by atoms with Crippen molar-refractivity contribution < 1.29 is 4.79 Å². The van der Waals surface area contributed by atoms with Gasteiger partial charge in [0.05, 0.1) is 6.04 Å². The topological polar surface area (TPSA) is 66.9 Å². The van der Waals surface area contributed by atoms with Crippen molar-refractivity contribution in [2.45, 2.75) is 40.2 Å². The lowest BCUT2D eigenvalue weighted by atomic mass is 9.99. The van der Waals surface area contributed by atoms with Crippen LogP contribution in [0.5, 0.6) is 0 Å². The number of thiophene rings is 1. The standard InChI is InChI=1S/C27H28N4OS/c1-5-22-16-23(26(33-22)31-25(32)21-9-7-6-8-10-21)24(20-13-11-17(2)12-14-20)30-27-28-18(3)15-19(4)29-27/h6-16,24H,5H2,1-4H3,(H,31,32)(H,28,29,30)/t24-/m0/s1. The molecule has 0 aliphatic rings. The first-order chi connectivity index (χ1) is 15.9. The third kappa shape index (κ3) is 5.46. The third-order valence-electron chi connectivity index (χ3n) is 5.40. The van der Waals surface area contributed by atoms with Crippen molar-refractivity contribution in [2.75, 3.05) is 10.6 Å². The molecule has 1 atom stereocenters. The monoisotopic (exact) mass is 456 g/mol. The van der Waals surface area contributed by atoms with Crippen LogP contribution in [0.4, 0.5) is 10.9 Å². The fraction of sp³-hybridized carbons (Fsp3) is 0.222. The van der Waals surface area contributed by atoms with Gasteiger partial charge >= 0.3 is 0 Å². The van der Waals surface area contributed by atoms with Crippen molar-refractivity contribution in [3.8, 4) is 0 Å². The number of carbonyl (C=O) groups is 1. The van der Waals surface area contributed by atoms with E-state index >= 15 is 0 Å². The van der Waals surface area contributed by atoms with Crippen LogP contribution in [0.2, 0.25) is 0 Å². The van der Waals surface area contributed by atoms with Crippen LogP contribution < -0.4 is 10.6 Å². The molecule has 4 aromatic rings. The van der Waals surface area contributed by atoms with Crippen LogP contribution in [0, 0.1) is 20.8 Å². The van der Waals surface area contributed by atoms with Gasteiger partial charge in [0.1, 0.15) is 5.00 Å². The van der Waals surface area contributed by atoms with E-state index in [-0.39, 0.29) is 11.9 Å². The molecular weight excluding hydrogens is 428 g/mol. The van der Waals surface area contributed by atoms with E-state index in [0.717, 1.165) is 33.9 Å². The molecule has 0 unspecified atom stereocenters. The zero-order chi connectivity index (χ0) is 23.4. The predicted molar refractivity (Wildman–Crippen MR) is 136 cm³/mol. The van der Waals surface area contributed by atoms with Gasteiger partial charge in [0.25, 0.3) is 5.91 Å². The molecule has 2 N–H and O–H groups in total. The fourth-order valence-corrected chi connectivity index (χ4v) is 4.76. The van der Waals surface area contributed by atoms with Crippen LogP contribution in [0.25, 0.3) is 0 Å². The number of benzene rings is 2. The molecule has 0 spiro atoms. The SMILES string of the molecule is CCc1cc([C@@H](Nc2nc(C)cc(C)n2)c2ccc(C)cc2)c(NC(=O)c2ccccc2)s1. The first kappa shape index (κ1) is 22.7. The van der Waals surface area contributed by atoms with Crippen molar-refractivity contribution in [1.82, 2.24) is 9.97 Å². The van der Waals surface area contributed by atoms with Gasteiger partial charge in [-0.2, -0.15) is 0 Å². The second-order valence-corrected chi connectivity index (χ2v) is 9.27. The summed E-state index contributed by atoms with van der Waals surface area (Å²) in [6.45, 7) is 8.13. The predicted octanol–water partition coefficient (Wildman–Crippen LogP) is 6.48. The Bertz CT molecular complexity index is 1230. The van der Waals surface area contributed by atoms with E-state index in [2.05, 4.69) is 64.8 Å². The quantitative estimate of drug-likeness (QED) is 0.334. The van der Waals surface area contributed by atoms with Gasteiger partial charge in [0.15, 0.2) is 0 Å². The maximum Gasteiger partial charge on any atom is 0.256 e. The molecule has 0 aliphatic carbocycles. The van der Waals surface area contributed by atoms with Crippen LogP contribution >= 0.6 is 11.3 Å². The number of hydrogen-bond donors (Lipinski definition) is 2. The van der Waals surface area contributed by atoms with E-state index in [1.165, 1.54) is 10.4 Å². The first-order valence-electron chi connectivity index (χ1n) is 11.1. The summed E-state index contributed by atoms with van der Waals surface area (Å²) in [5.41, 5.74) is 5.73. The molecule has 0 radical (unpaired) electrons. The molecule has 0 aliphatic heterocycles. The number of carbonyl (C=O) groups excluding carboxylic acids is 1. The summed E-state index contributed by atoms with van der Waals surface area (Å²) >= 11 is 1.61. The molecule has 2 aromatic carbocycles. The fourth-order valence-electron chi connectivity index (χ4n) is 3.73. The lowest BCUT2D eigenvalue weighted by Gasteiger charge is -2.21. The Balaban J connectivity index is 1.76. The number of amides is 1. The Morgan fingerprint density at radius 2 is 1.61 bits per heavy atom. The minimum atomic E-state index is -0.213. The van der Waals surface area contributed by atoms with E-state index in [1.807, 2.05) is 50.2 Å². The average molecular weight is 457 g/mol. The molecule has 0 fully saturated rings. The van der Waals surface area contributed by atoms with Crippen molar-refractivity contribution in [3.63, 3.8) is 0 Å². The molecule has 5 nitrogen and oxygen atoms in total. The Morgan fingerprint density at radius 1 is 0.939 bits per heavy atom. The summed E-state index contributed by atoms with van der Waals surface area (Å²) in [6.07, 6.45) is 0.888. The number of nitrogens with zero attached hydrogens (tertiary/aromatic N) is 2. The number of aromatic nitrogens is 2. The minimum Gasteiger partial charge on any atom is -0.343 e. The molecular formula is C27H28N4OS. The highest BCUT2D eigenvalue weighted by Gasteiger charge is 2.23. The van der Waals surface area contributed by atoms with E-state index in [0.29, 0.717) is 11.5 Å². The van der Waals surface area contributed by atoms with E-state index in [1.54, 1.807) is 11.3 Å². The zero-order valence-corrected chi connectivity index (χ0v) is 20.2. The molecule has 1 amide bonds. The summed E-state index contributed by atoms with van der Waals surface area (Å²) in [6, 6.07) is 21.6. The minimum absolute atomic E-state index is 0.119. The summed E-state index contributed by atoms with van der Waals surface area (Å²) in [5.74, 6) is 0.453. The summed E-state index contributed by atoms with van der Waals surface area (Å²) in [4.78, 5) is 23.4. The average Bonchev–Trinajstić information content (AvgIpc) is 3.20. The molecule has 6 heteroatoms. The van der Waals surface area contributed by atoms with Gasteiger partial charge in [-0.15, -0.1) is 11.3 Å². The zero-order valence-electron chi connectivity index (χ0n) is 19.3. The van der Waals surface area contributed by atoms with Gasteiger partial charge in [-0.05, 0) is 57.0 Å². The van der Waals surface area contributed by atoms with Gasteiger partial charge in [-0.25, -0.2) is 9.97 Å². The van der Waals surface area contributed by atoms with Crippen LogP contribution in [-0.2, 0) is 6.42 Å². The molecule has 168 valence electrons. The number of anilines is 2. The maximum atomic E-state index is 13.0. The lowest BCUT2D eigenvalue weighted by Crippen LogP contribution is -2.18. The molecule has 0 bridgehead atoms. The molecule has 2 aromatic heterocycles. The van der Waals surface area contributed by atoms with E-state index < -0.39 is 0 Å². The highest BCUT2D eigenvalue weighted by molar-refractivity contribution is 7.16. The number of hydrogen-bond acceptors (Lipinski definition) is 5.